The van der Waals surface area contributed by atoms with Crippen LogP contribution in [-0.2, 0) is 11.3 Å². The van der Waals surface area contributed by atoms with Crippen molar-refractivity contribution in [1.29, 1.82) is 10.8 Å². The van der Waals surface area contributed by atoms with E-state index in [0.717, 1.165) is 5.56 Å². The lowest BCUT2D eigenvalue weighted by Gasteiger charge is -2.26. The zero-order chi connectivity index (χ0) is 26.7. The smallest absolute Gasteiger partial charge is 0.222 e. The van der Waals surface area contributed by atoms with E-state index >= 15 is 0 Å². The molecule has 1 aliphatic heterocycles. The van der Waals surface area contributed by atoms with E-state index in [1.165, 1.54) is 17.0 Å². The van der Waals surface area contributed by atoms with Gasteiger partial charge in [-0.2, -0.15) is 0 Å². The van der Waals surface area contributed by atoms with E-state index in [2.05, 4.69) is 5.32 Å². The molecule has 1 heterocycles. The lowest BCUT2D eigenvalue weighted by molar-refractivity contribution is -0.121. The quantitative estimate of drug-likeness (QED) is 0.185. The Morgan fingerprint density at radius 3 is 2.49 bits per heavy atom. The summed E-state index contributed by atoms with van der Waals surface area (Å²) in [5.74, 6) is -0.214. The number of anilines is 1. The van der Waals surface area contributed by atoms with Crippen molar-refractivity contribution in [3.8, 4) is 17.2 Å². The van der Waals surface area contributed by atoms with Gasteiger partial charge >= 0.3 is 0 Å². The fourth-order valence-corrected chi connectivity index (χ4v) is 4.19. The van der Waals surface area contributed by atoms with Crippen LogP contribution in [0.5, 0.6) is 17.2 Å². The van der Waals surface area contributed by atoms with E-state index < -0.39 is 6.04 Å². The fourth-order valence-electron chi connectivity index (χ4n) is 4.06. The van der Waals surface area contributed by atoms with Crippen molar-refractivity contribution >= 4 is 40.6 Å². The molecule has 10 heteroatoms. The first-order chi connectivity index (χ1) is 17.7. The van der Waals surface area contributed by atoms with E-state index in [0.29, 0.717) is 33.3 Å². The Morgan fingerprint density at radius 2 is 1.84 bits per heavy atom. The Labute approximate surface area is 219 Å². The highest BCUT2D eigenvalue weighted by Crippen LogP contribution is 2.33. The number of hydrogen-bond donors (Lipinski definition) is 5. The average Bonchev–Trinajstić information content (AvgIpc) is 2.99. The number of fused-ring (bicyclic) bond motifs is 1. The lowest BCUT2D eigenvalue weighted by atomic mass is 9.99. The maximum Gasteiger partial charge on any atom is 0.222 e. The molecule has 1 atom stereocenters. The average molecular weight is 520 g/mol. The largest absolute Gasteiger partial charge is 0.504 e. The second kappa shape index (κ2) is 10.7. The number of amides is 1. The molecule has 0 aliphatic carbocycles. The van der Waals surface area contributed by atoms with Gasteiger partial charge in [0.2, 0.25) is 5.91 Å². The van der Waals surface area contributed by atoms with Gasteiger partial charge in [0.1, 0.15) is 23.5 Å². The van der Waals surface area contributed by atoms with Gasteiger partial charge in [-0.3, -0.25) is 25.5 Å². The summed E-state index contributed by atoms with van der Waals surface area (Å²) < 4.78 is 5.43. The highest BCUT2D eigenvalue weighted by atomic mass is 35.5. The number of carbonyl (C=O) groups excluding carboxylic acids is 1. The summed E-state index contributed by atoms with van der Waals surface area (Å²) in [5.41, 5.74) is 3.11. The highest BCUT2D eigenvalue weighted by Gasteiger charge is 2.32. The molecule has 0 fully saturated rings. The number of phenols is 2. The monoisotopic (exact) mass is 519 g/mol. The molecule has 0 bridgehead atoms. The fraction of sp³-hybridized carbons (Fsp3) is 0.185. The van der Waals surface area contributed by atoms with Gasteiger partial charge in [-0.25, -0.2) is 0 Å². The number of phenolic OH excluding ortho intramolecular Hbond substituents is 2. The molecule has 0 saturated heterocycles. The molecule has 0 spiro atoms. The predicted octanol–water partition coefficient (Wildman–Crippen LogP) is 4.47. The molecule has 0 saturated carbocycles. The molecule has 0 unspecified atom stereocenters. The number of methoxy groups -OCH3 is 1. The molecule has 1 aliphatic rings. The van der Waals surface area contributed by atoms with Gasteiger partial charge in [0, 0.05) is 22.7 Å². The molecule has 4 rings (SSSR count). The van der Waals surface area contributed by atoms with Crippen LogP contribution in [0.3, 0.4) is 0 Å². The maximum atomic E-state index is 12.9. The van der Waals surface area contributed by atoms with Crippen LogP contribution in [0.1, 0.15) is 30.0 Å². The van der Waals surface area contributed by atoms with Crippen molar-refractivity contribution in [2.24, 2.45) is 4.99 Å². The second-order valence-corrected chi connectivity index (χ2v) is 8.93. The van der Waals surface area contributed by atoms with Crippen LogP contribution >= 0.6 is 11.6 Å². The van der Waals surface area contributed by atoms with Crippen molar-refractivity contribution in [3.63, 3.8) is 0 Å². The van der Waals surface area contributed by atoms with Crippen LogP contribution in [0.4, 0.5) is 5.69 Å². The van der Waals surface area contributed by atoms with Crippen LogP contribution in [0.2, 0.25) is 5.02 Å². The molecule has 3 aromatic carbocycles. The Morgan fingerprint density at radius 1 is 1.11 bits per heavy atom. The van der Waals surface area contributed by atoms with E-state index in [-0.39, 0.29) is 42.0 Å². The number of aromatic hydroxyl groups is 2. The van der Waals surface area contributed by atoms with Gasteiger partial charge in [-0.05, 0) is 55.0 Å². The van der Waals surface area contributed by atoms with Crippen molar-refractivity contribution in [1.82, 2.24) is 5.32 Å². The number of hydrogen-bond acceptors (Lipinski definition) is 7. The number of nitrogens with zero attached hydrogens (tertiary/aromatic N) is 2. The SMILES string of the molecule is COc1ccc2c(c1)C(c1ccc(Cl)cc1)=N[C@@H](CC(=O)NCc1ccc(O)c(O)c1)C(=N)N2C(C)=N. The van der Waals surface area contributed by atoms with Gasteiger partial charge in [-0.15, -0.1) is 0 Å². The number of halogens is 1. The number of ether oxygens (including phenoxy) is 1. The van der Waals surface area contributed by atoms with Gasteiger partial charge in [0.25, 0.3) is 0 Å². The number of carbonyl (C=O) groups is 1. The summed E-state index contributed by atoms with van der Waals surface area (Å²) >= 11 is 6.11. The first kappa shape index (κ1) is 25.7. The predicted molar refractivity (Wildman–Crippen MR) is 144 cm³/mol. The Balaban J connectivity index is 1.71. The van der Waals surface area contributed by atoms with E-state index in [1.807, 2.05) is 12.1 Å². The van der Waals surface area contributed by atoms with Crippen LogP contribution < -0.4 is 15.0 Å². The van der Waals surface area contributed by atoms with Crippen LogP contribution in [-0.4, -0.2) is 46.7 Å². The number of rotatable bonds is 6. The lowest BCUT2D eigenvalue weighted by Crippen LogP contribution is -2.42. The minimum Gasteiger partial charge on any atom is -0.504 e. The number of amidine groups is 2. The second-order valence-electron chi connectivity index (χ2n) is 8.49. The third-order valence-electron chi connectivity index (χ3n) is 5.90. The van der Waals surface area contributed by atoms with Gasteiger partial charge in [0.15, 0.2) is 11.5 Å². The van der Waals surface area contributed by atoms with E-state index in [9.17, 15) is 15.0 Å². The molecule has 0 aromatic heterocycles. The highest BCUT2D eigenvalue weighted by molar-refractivity contribution is 6.31. The molecular formula is C27H26ClN5O4. The molecule has 190 valence electrons. The van der Waals surface area contributed by atoms with Crippen molar-refractivity contribution < 1.29 is 19.7 Å². The van der Waals surface area contributed by atoms with Crippen molar-refractivity contribution in [3.05, 3.63) is 82.4 Å². The molecule has 5 N–H and O–H groups in total. The third-order valence-corrected chi connectivity index (χ3v) is 6.15. The van der Waals surface area contributed by atoms with Crippen LogP contribution in [0.25, 0.3) is 0 Å². The van der Waals surface area contributed by atoms with E-state index in [1.54, 1.807) is 50.4 Å². The molecular weight excluding hydrogens is 494 g/mol. The molecule has 3 aromatic rings. The number of benzodiazepines with no additional fused rings is 1. The topological polar surface area (TPSA) is 142 Å². The molecule has 9 nitrogen and oxygen atoms in total. The standard InChI is InChI=1S/C27H26ClN5O4/c1-15(29)33-22-9-8-19(37-2)12-20(22)26(17-4-6-18(28)7-5-17)32-21(27(33)30)13-25(36)31-14-16-3-10-23(34)24(35)11-16/h3-12,21,29-30,34-35H,13-14H2,1-2H3,(H,31,36)/t21-/m0/s1. The number of aliphatic imine (C=N–C) groups is 1. The summed E-state index contributed by atoms with van der Waals surface area (Å²) in [4.78, 5) is 19.3. The molecule has 1 amide bonds. The zero-order valence-electron chi connectivity index (χ0n) is 20.2. The van der Waals surface area contributed by atoms with Crippen LogP contribution in [0, 0.1) is 10.8 Å². The van der Waals surface area contributed by atoms with E-state index in [4.69, 9.17) is 32.1 Å². The Kier molecular flexibility index (Phi) is 7.45. The number of nitrogens with one attached hydrogen (secondary N) is 3. The third kappa shape index (κ3) is 5.57. The van der Waals surface area contributed by atoms with Crippen molar-refractivity contribution in [2.75, 3.05) is 12.0 Å². The summed E-state index contributed by atoms with van der Waals surface area (Å²) in [5, 5.41) is 39.8. The zero-order valence-corrected chi connectivity index (χ0v) is 21.0. The normalized spacial score (nSPS) is 14.9. The molecule has 37 heavy (non-hydrogen) atoms. The Hall–Kier alpha value is -4.37. The van der Waals surface area contributed by atoms with Gasteiger partial charge < -0.3 is 20.3 Å². The first-order valence-corrected chi connectivity index (χ1v) is 11.8. The first-order valence-electron chi connectivity index (χ1n) is 11.4. The minimum absolute atomic E-state index is 0.0136. The van der Waals surface area contributed by atoms with Crippen molar-refractivity contribution in [2.45, 2.75) is 25.9 Å². The van der Waals surface area contributed by atoms with Crippen LogP contribution in [0.15, 0.2) is 65.7 Å². The summed E-state index contributed by atoms with van der Waals surface area (Å²) in [7, 11) is 1.56. The Bertz CT molecular complexity index is 1400. The molecule has 0 radical (unpaired) electrons. The number of benzene rings is 3. The van der Waals surface area contributed by atoms with Gasteiger partial charge in [0.05, 0.1) is 24.9 Å². The summed E-state index contributed by atoms with van der Waals surface area (Å²) in [6, 6.07) is 15.8. The van der Waals surface area contributed by atoms with Gasteiger partial charge in [-0.1, -0.05) is 29.8 Å². The minimum atomic E-state index is -0.891. The summed E-state index contributed by atoms with van der Waals surface area (Å²) in [6.45, 7) is 1.69. The maximum absolute atomic E-state index is 12.9. The summed E-state index contributed by atoms with van der Waals surface area (Å²) in [6.07, 6.45) is -0.144.